The Hall–Kier alpha value is -3.33. The second-order valence-electron chi connectivity index (χ2n) is 5.36. The highest BCUT2D eigenvalue weighted by Crippen LogP contribution is 2.21. The Bertz CT molecular complexity index is 881. The number of cyclic esters (lactones) is 1. The van der Waals surface area contributed by atoms with Gasteiger partial charge in [-0.25, -0.2) is 4.98 Å². The van der Waals surface area contributed by atoms with Crippen molar-refractivity contribution in [3.05, 3.63) is 47.7 Å². The summed E-state index contributed by atoms with van der Waals surface area (Å²) in [6.07, 6.45) is 0.618. The second kappa shape index (κ2) is 6.42. The zero-order chi connectivity index (χ0) is 17.1. The number of hydrogen-bond acceptors (Lipinski definition) is 5. The maximum atomic E-state index is 11.4. The fourth-order valence-electron chi connectivity index (χ4n) is 2.38. The monoisotopic (exact) mass is 321 g/mol. The van der Waals surface area contributed by atoms with Crippen LogP contribution in [0.15, 0.2) is 36.4 Å². The molecule has 2 heterocycles. The normalized spacial score (nSPS) is 16.2. The maximum absolute atomic E-state index is 11.4. The number of carbonyl (C=O) groups excluding carboxylic acids is 2. The largest absolute Gasteiger partial charge is 0.465 e. The lowest BCUT2D eigenvalue weighted by molar-refractivity contribution is -0.139. The predicted molar refractivity (Wildman–Crippen MR) is 88.5 cm³/mol. The first kappa shape index (κ1) is 15.6. The number of esters is 1. The van der Waals surface area contributed by atoms with Crippen LogP contribution in [0, 0.1) is 17.8 Å². The number of hydrogen-bond donors (Lipinski definition) is 2. The summed E-state index contributed by atoms with van der Waals surface area (Å²) >= 11 is 0. The quantitative estimate of drug-likeness (QED) is 0.641. The van der Waals surface area contributed by atoms with E-state index in [4.69, 9.17) is 16.2 Å². The van der Waals surface area contributed by atoms with Gasteiger partial charge in [0.1, 0.15) is 5.92 Å². The van der Waals surface area contributed by atoms with Gasteiger partial charge in [0.15, 0.2) is 5.69 Å². The van der Waals surface area contributed by atoms with Crippen LogP contribution in [-0.2, 0) is 9.53 Å². The number of amides is 1. The Morgan fingerprint density at radius 1 is 1.29 bits per heavy atom. The first-order chi connectivity index (χ1) is 11.5. The summed E-state index contributed by atoms with van der Waals surface area (Å²) in [6, 6.07) is 10.6. The van der Waals surface area contributed by atoms with Gasteiger partial charge in [0.25, 0.3) is 5.91 Å². The SMILES string of the molecule is NC(=O)c1nc(-c2cccc(C#CC3CCOC3=O)c2)ccc1N. The first-order valence-electron chi connectivity index (χ1n) is 7.39. The van der Waals surface area contributed by atoms with Crippen molar-refractivity contribution in [3.8, 4) is 23.1 Å². The molecule has 1 aliphatic heterocycles. The molecule has 24 heavy (non-hydrogen) atoms. The van der Waals surface area contributed by atoms with Crippen molar-refractivity contribution in [2.45, 2.75) is 6.42 Å². The van der Waals surface area contributed by atoms with Crippen LogP contribution >= 0.6 is 0 Å². The van der Waals surface area contributed by atoms with Crippen molar-refractivity contribution in [2.75, 3.05) is 12.3 Å². The molecule has 1 saturated heterocycles. The van der Waals surface area contributed by atoms with Gasteiger partial charge in [-0.15, -0.1) is 0 Å². The third-order valence-electron chi connectivity index (χ3n) is 3.64. The number of anilines is 1. The number of nitrogen functional groups attached to an aromatic ring is 1. The Kier molecular flexibility index (Phi) is 4.17. The van der Waals surface area contributed by atoms with E-state index in [1.807, 2.05) is 24.3 Å². The number of aromatic nitrogens is 1. The molecule has 2 aromatic rings. The lowest BCUT2D eigenvalue weighted by Gasteiger charge is -2.05. The third kappa shape index (κ3) is 3.20. The number of pyridine rings is 1. The molecule has 1 aromatic carbocycles. The Labute approximate surface area is 138 Å². The molecule has 1 aromatic heterocycles. The van der Waals surface area contributed by atoms with Crippen molar-refractivity contribution >= 4 is 17.6 Å². The van der Waals surface area contributed by atoms with Crippen LogP contribution in [0.5, 0.6) is 0 Å². The number of carbonyl (C=O) groups is 2. The van der Waals surface area contributed by atoms with E-state index >= 15 is 0 Å². The lowest BCUT2D eigenvalue weighted by atomic mass is 10.1. The third-order valence-corrected chi connectivity index (χ3v) is 3.64. The van der Waals surface area contributed by atoms with Crippen molar-refractivity contribution < 1.29 is 14.3 Å². The molecule has 0 radical (unpaired) electrons. The summed E-state index contributed by atoms with van der Waals surface area (Å²) in [5.41, 5.74) is 13.3. The summed E-state index contributed by atoms with van der Waals surface area (Å²) < 4.78 is 4.89. The van der Waals surface area contributed by atoms with Gasteiger partial charge in [-0.05, 0) is 24.3 Å². The van der Waals surface area contributed by atoms with Crippen LogP contribution in [0.2, 0.25) is 0 Å². The molecule has 1 unspecified atom stereocenters. The van der Waals surface area contributed by atoms with Crippen LogP contribution < -0.4 is 11.5 Å². The van der Waals surface area contributed by atoms with Crippen LogP contribution in [0.4, 0.5) is 5.69 Å². The van der Waals surface area contributed by atoms with Crippen LogP contribution in [0.1, 0.15) is 22.5 Å². The molecule has 3 rings (SSSR count). The van der Waals surface area contributed by atoms with Gasteiger partial charge in [0.05, 0.1) is 18.0 Å². The van der Waals surface area contributed by atoms with Gasteiger partial charge in [-0.3, -0.25) is 9.59 Å². The summed E-state index contributed by atoms with van der Waals surface area (Å²) in [6.45, 7) is 0.420. The average Bonchev–Trinajstić information content (AvgIpc) is 2.98. The number of benzene rings is 1. The summed E-state index contributed by atoms with van der Waals surface area (Å²) in [7, 11) is 0. The van der Waals surface area contributed by atoms with Gasteiger partial charge >= 0.3 is 5.97 Å². The van der Waals surface area contributed by atoms with E-state index in [2.05, 4.69) is 16.8 Å². The predicted octanol–water partition coefficient (Wildman–Crippen LogP) is 1.34. The molecule has 1 atom stereocenters. The van der Waals surface area contributed by atoms with E-state index in [1.54, 1.807) is 12.1 Å². The highest BCUT2D eigenvalue weighted by molar-refractivity contribution is 5.96. The molecule has 1 fully saturated rings. The van der Waals surface area contributed by atoms with Gasteiger partial charge in [-0.1, -0.05) is 24.0 Å². The summed E-state index contributed by atoms with van der Waals surface area (Å²) in [4.78, 5) is 27.0. The zero-order valence-corrected chi connectivity index (χ0v) is 12.8. The van der Waals surface area contributed by atoms with Crippen molar-refractivity contribution in [3.63, 3.8) is 0 Å². The van der Waals surface area contributed by atoms with Gasteiger partial charge < -0.3 is 16.2 Å². The zero-order valence-electron chi connectivity index (χ0n) is 12.8. The molecule has 1 aliphatic rings. The molecule has 1 amide bonds. The van der Waals surface area contributed by atoms with Crippen LogP contribution in [0.25, 0.3) is 11.3 Å². The van der Waals surface area contributed by atoms with E-state index in [1.165, 1.54) is 0 Å². The fourth-order valence-corrected chi connectivity index (χ4v) is 2.38. The molecule has 6 nitrogen and oxygen atoms in total. The van der Waals surface area contributed by atoms with Gasteiger partial charge in [-0.2, -0.15) is 0 Å². The molecular weight excluding hydrogens is 306 g/mol. The highest BCUT2D eigenvalue weighted by Gasteiger charge is 2.24. The minimum atomic E-state index is -0.676. The fraction of sp³-hybridized carbons (Fsp3) is 0.167. The summed E-state index contributed by atoms with van der Waals surface area (Å²) in [5, 5.41) is 0. The topological polar surface area (TPSA) is 108 Å². The highest BCUT2D eigenvalue weighted by atomic mass is 16.5. The summed E-state index contributed by atoms with van der Waals surface area (Å²) in [5.74, 6) is 4.59. The average molecular weight is 321 g/mol. The number of primary amides is 1. The minimum absolute atomic E-state index is 0.0395. The van der Waals surface area contributed by atoms with Crippen molar-refractivity contribution in [2.24, 2.45) is 11.7 Å². The molecule has 0 saturated carbocycles. The minimum Gasteiger partial charge on any atom is -0.465 e. The van der Waals surface area contributed by atoms with E-state index in [0.29, 0.717) is 18.7 Å². The first-order valence-corrected chi connectivity index (χ1v) is 7.39. The molecular formula is C18H15N3O3. The van der Waals surface area contributed by atoms with Gasteiger partial charge in [0, 0.05) is 17.5 Å². The molecule has 4 N–H and O–H groups in total. The van der Waals surface area contributed by atoms with E-state index < -0.39 is 5.91 Å². The number of rotatable bonds is 2. The Balaban J connectivity index is 1.91. The Morgan fingerprint density at radius 2 is 2.12 bits per heavy atom. The molecule has 0 bridgehead atoms. The van der Waals surface area contributed by atoms with Gasteiger partial charge in [0.2, 0.25) is 0 Å². The smallest absolute Gasteiger partial charge is 0.321 e. The maximum Gasteiger partial charge on any atom is 0.321 e. The van der Waals surface area contributed by atoms with E-state index in [9.17, 15) is 9.59 Å². The van der Waals surface area contributed by atoms with Crippen LogP contribution in [-0.4, -0.2) is 23.5 Å². The van der Waals surface area contributed by atoms with E-state index in [0.717, 1.165) is 11.1 Å². The van der Waals surface area contributed by atoms with E-state index in [-0.39, 0.29) is 23.3 Å². The van der Waals surface area contributed by atoms with Crippen molar-refractivity contribution in [1.82, 2.24) is 4.98 Å². The number of ether oxygens (including phenoxy) is 1. The number of nitrogens with two attached hydrogens (primary N) is 2. The Morgan fingerprint density at radius 3 is 2.83 bits per heavy atom. The standard InChI is InChI=1S/C18H15N3O3/c19-14-6-7-15(21-16(14)17(20)22)13-3-1-2-11(10-13)4-5-12-8-9-24-18(12)23/h1-3,6-7,10,12H,8-9,19H2,(H2,20,22). The van der Waals surface area contributed by atoms with Crippen molar-refractivity contribution in [1.29, 1.82) is 0 Å². The molecule has 120 valence electrons. The molecule has 6 heteroatoms. The second-order valence-corrected chi connectivity index (χ2v) is 5.36. The molecule has 0 aliphatic carbocycles. The van der Waals surface area contributed by atoms with Crippen LogP contribution in [0.3, 0.4) is 0 Å². The molecule has 0 spiro atoms. The number of nitrogens with zero attached hydrogens (tertiary/aromatic N) is 1. The lowest BCUT2D eigenvalue weighted by Crippen LogP contribution is -2.15.